The van der Waals surface area contributed by atoms with Crippen molar-refractivity contribution < 1.29 is 0 Å². The van der Waals surface area contributed by atoms with Crippen LogP contribution in [0.2, 0.25) is 5.02 Å². The Labute approximate surface area is 128 Å². The van der Waals surface area contributed by atoms with Crippen molar-refractivity contribution >= 4 is 28.3 Å². The third kappa shape index (κ3) is 2.65. The van der Waals surface area contributed by atoms with E-state index in [1.165, 1.54) is 0 Å². The summed E-state index contributed by atoms with van der Waals surface area (Å²) >= 11 is 6.07. The van der Waals surface area contributed by atoms with Crippen LogP contribution in [0.4, 0.5) is 5.69 Å². The summed E-state index contributed by atoms with van der Waals surface area (Å²) in [5, 5.41) is 0.682. The molecule has 0 saturated heterocycles. The van der Waals surface area contributed by atoms with Gasteiger partial charge in [0.25, 0.3) is 0 Å². The van der Waals surface area contributed by atoms with Crippen LogP contribution in [-0.4, -0.2) is 9.55 Å². The number of hydrogen-bond acceptors (Lipinski definition) is 2. The van der Waals surface area contributed by atoms with E-state index in [0.717, 1.165) is 33.7 Å². The molecule has 0 saturated carbocycles. The molecule has 2 aromatic carbocycles. The Balaban J connectivity index is 2.27. The van der Waals surface area contributed by atoms with E-state index < -0.39 is 0 Å². The van der Waals surface area contributed by atoms with Gasteiger partial charge in [-0.2, -0.15) is 0 Å². The molecule has 0 amide bonds. The van der Waals surface area contributed by atoms with Crippen LogP contribution in [-0.2, 0) is 6.54 Å². The van der Waals surface area contributed by atoms with Crippen LogP contribution in [0.25, 0.3) is 22.4 Å². The molecule has 106 valence electrons. The van der Waals surface area contributed by atoms with Gasteiger partial charge in [0.15, 0.2) is 0 Å². The Kier molecular flexibility index (Phi) is 3.43. The molecule has 21 heavy (non-hydrogen) atoms. The largest absolute Gasteiger partial charge is 0.399 e. The lowest BCUT2D eigenvalue weighted by Gasteiger charge is -2.09. The molecular formula is C17H16ClN3. The smallest absolute Gasteiger partial charge is 0.141 e. The number of nitrogen functional groups attached to an aromatic ring is 1. The Morgan fingerprint density at radius 3 is 2.81 bits per heavy atom. The maximum absolute atomic E-state index is 6.07. The molecule has 3 nitrogen and oxygen atoms in total. The van der Waals surface area contributed by atoms with Crippen molar-refractivity contribution in [3.8, 4) is 11.4 Å². The Morgan fingerprint density at radius 1 is 1.29 bits per heavy atom. The maximum atomic E-state index is 6.07. The Bertz CT molecular complexity index is 833. The van der Waals surface area contributed by atoms with Gasteiger partial charge in [0.05, 0.1) is 11.0 Å². The van der Waals surface area contributed by atoms with Gasteiger partial charge in [-0.25, -0.2) is 4.98 Å². The molecule has 0 spiro atoms. The molecule has 0 aliphatic carbocycles. The normalized spacial score (nSPS) is 11.0. The number of aromatic nitrogens is 2. The van der Waals surface area contributed by atoms with Crippen molar-refractivity contribution in [2.45, 2.75) is 13.5 Å². The molecule has 1 aromatic heterocycles. The van der Waals surface area contributed by atoms with Gasteiger partial charge in [0, 0.05) is 22.8 Å². The van der Waals surface area contributed by atoms with Crippen molar-refractivity contribution in [3.63, 3.8) is 0 Å². The molecule has 0 atom stereocenters. The molecule has 2 N–H and O–H groups in total. The monoisotopic (exact) mass is 297 g/mol. The fourth-order valence-electron chi connectivity index (χ4n) is 2.43. The van der Waals surface area contributed by atoms with E-state index in [-0.39, 0.29) is 0 Å². The molecule has 3 rings (SSSR count). The molecule has 0 bridgehead atoms. The average Bonchev–Trinajstić information content (AvgIpc) is 2.76. The minimum atomic E-state index is 0.682. The van der Waals surface area contributed by atoms with Gasteiger partial charge < -0.3 is 10.3 Å². The molecule has 0 fully saturated rings. The zero-order chi connectivity index (χ0) is 15.0. The van der Waals surface area contributed by atoms with Crippen molar-refractivity contribution in [2.24, 2.45) is 0 Å². The molecule has 3 aromatic rings. The second kappa shape index (κ2) is 5.26. The van der Waals surface area contributed by atoms with E-state index in [0.29, 0.717) is 11.6 Å². The summed E-state index contributed by atoms with van der Waals surface area (Å²) in [4.78, 5) is 4.72. The fourth-order valence-corrected chi connectivity index (χ4v) is 2.60. The lowest BCUT2D eigenvalue weighted by atomic mass is 10.2. The summed E-state index contributed by atoms with van der Waals surface area (Å²) in [7, 11) is 0. The van der Waals surface area contributed by atoms with Crippen LogP contribution >= 0.6 is 11.6 Å². The fraction of sp³-hybridized carbons (Fsp3) is 0.118. The van der Waals surface area contributed by atoms with Gasteiger partial charge in [0.2, 0.25) is 0 Å². The van der Waals surface area contributed by atoms with E-state index in [1.54, 1.807) is 0 Å². The lowest BCUT2D eigenvalue weighted by Crippen LogP contribution is -2.01. The number of halogens is 1. The van der Waals surface area contributed by atoms with Crippen molar-refractivity contribution in [1.82, 2.24) is 9.55 Å². The average molecular weight is 298 g/mol. The van der Waals surface area contributed by atoms with Gasteiger partial charge in [-0.1, -0.05) is 35.9 Å². The number of benzene rings is 2. The molecule has 4 heteroatoms. The van der Waals surface area contributed by atoms with Gasteiger partial charge in [-0.15, -0.1) is 0 Å². The number of imidazole rings is 1. The molecule has 1 heterocycles. The van der Waals surface area contributed by atoms with Crippen LogP contribution < -0.4 is 5.73 Å². The molecule has 0 radical (unpaired) electrons. The van der Waals surface area contributed by atoms with Crippen molar-refractivity contribution in [2.75, 3.05) is 5.73 Å². The van der Waals surface area contributed by atoms with E-state index in [4.69, 9.17) is 22.3 Å². The number of fused-ring (bicyclic) bond motifs is 1. The predicted octanol–water partition coefficient (Wildman–Crippen LogP) is 4.52. The standard InChI is InChI=1S/C17H16ClN3/c1-11(2)10-21-16-7-6-13(18)9-15(16)20-17(21)12-4-3-5-14(19)8-12/h3-9H,1,10,19H2,2H3. The van der Waals surface area contributed by atoms with E-state index in [9.17, 15) is 0 Å². The maximum Gasteiger partial charge on any atom is 0.141 e. The lowest BCUT2D eigenvalue weighted by molar-refractivity contribution is 0.820. The number of allylic oxidation sites excluding steroid dienone is 1. The van der Waals surface area contributed by atoms with Crippen molar-refractivity contribution in [1.29, 1.82) is 0 Å². The van der Waals surface area contributed by atoms with Gasteiger partial charge in [0.1, 0.15) is 5.82 Å². The zero-order valence-corrected chi connectivity index (χ0v) is 12.6. The highest BCUT2D eigenvalue weighted by Gasteiger charge is 2.13. The highest BCUT2D eigenvalue weighted by molar-refractivity contribution is 6.31. The number of nitrogens with two attached hydrogens (primary N) is 1. The van der Waals surface area contributed by atoms with Crippen molar-refractivity contribution in [3.05, 3.63) is 59.6 Å². The number of rotatable bonds is 3. The Morgan fingerprint density at radius 2 is 2.10 bits per heavy atom. The zero-order valence-electron chi connectivity index (χ0n) is 11.8. The predicted molar refractivity (Wildman–Crippen MR) is 89.4 cm³/mol. The SMILES string of the molecule is C=C(C)Cn1c(-c2cccc(N)c2)nc2cc(Cl)ccc21. The molecule has 0 aliphatic rings. The second-order valence-corrected chi connectivity index (χ2v) is 5.67. The van der Waals surface area contributed by atoms with Crippen LogP contribution in [0.5, 0.6) is 0 Å². The van der Waals surface area contributed by atoms with E-state index in [1.807, 2.05) is 49.4 Å². The van der Waals surface area contributed by atoms with Crippen LogP contribution in [0.3, 0.4) is 0 Å². The molecule has 0 unspecified atom stereocenters. The Hall–Kier alpha value is -2.26. The first-order chi connectivity index (χ1) is 10.0. The minimum Gasteiger partial charge on any atom is -0.399 e. The summed E-state index contributed by atoms with van der Waals surface area (Å²) in [6.07, 6.45) is 0. The second-order valence-electron chi connectivity index (χ2n) is 5.24. The van der Waals surface area contributed by atoms with Crippen LogP contribution in [0.1, 0.15) is 6.92 Å². The van der Waals surface area contributed by atoms with E-state index in [2.05, 4.69) is 11.1 Å². The number of anilines is 1. The third-order valence-corrected chi connectivity index (χ3v) is 3.52. The summed E-state index contributed by atoms with van der Waals surface area (Å²) < 4.78 is 2.14. The van der Waals surface area contributed by atoms with Crippen LogP contribution in [0.15, 0.2) is 54.6 Å². The van der Waals surface area contributed by atoms with Gasteiger partial charge in [-0.05, 0) is 37.3 Å². The summed E-state index contributed by atoms with van der Waals surface area (Å²) in [6, 6.07) is 13.5. The van der Waals surface area contributed by atoms with Gasteiger partial charge >= 0.3 is 0 Å². The third-order valence-electron chi connectivity index (χ3n) is 3.28. The quantitative estimate of drug-likeness (QED) is 0.571. The topological polar surface area (TPSA) is 43.8 Å². The summed E-state index contributed by atoms with van der Waals surface area (Å²) in [5.74, 6) is 0.877. The first kappa shape index (κ1) is 13.7. The molecular weight excluding hydrogens is 282 g/mol. The number of nitrogens with zero attached hydrogens (tertiary/aromatic N) is 2. The first-order valence-electron chi connectivity index (χ1n) is 6.70. The minimum absolute atomic E-state index is 0.682. The van der Waals surface area contributed by atoms with Gasteiger partial charge in [-0.3, -0.25) is 0 Å². The van der Waals surface area contributed by atoms with Crippen LogP contribution in [0, 0.1) is 0 Å². The summed E-state index contributed by atoms with van der Waals surface area (Å²) in [6.45, 7) is 6.72. The first-order valence-corrected chi connectivity index (χ1v) is 7.08. The number of hydrogen-bond donors (Lipinski definition) is 1. The highest BCUT2D eigenvalue weighted by Crippen LogP contribution is 2.28. The highest BCUT2D eigenvalue weighted by atomic mass is 35.5. The van der Waals surface area contributed by atoms with E-state index >= 15 is 0 Å². The summed E-state index contributed by atoms with van der Waals surface area (Å²) in [5.41, 5.74) is 10.6. The molecule has 0 aliphatic heterocycles.